The van der Waals surface area contributed by atoms with E-state index in [0.717, 1.165) is 22.4 Å². The van der Waals surface area contributed by atoms with Gasteiger partial charge >= 0.3 is 0 Å². The van der Waals surface area contributed by atoms with Gasteiger partial charge < -0.3 is 9.47 Å². The number of benzene rings is 4. The minimum Gasteiger partial charge on any atom is -0.489 e. The summed E-state index contributed by atoms with van der Waals surface area (Å²) >= 11 is 5.89. The van der Waals surface area contributed by atoms with Crippen molar-refractivity contribution in [3.63, 3.8) is 0 Å². The van der Waals surface area contributed by atoms with Crippen LogP contribution in [-0.4, -0.2) is 12.1 Å². The second-order valence-electron chi connectivity index (χ2n) is 7.48. The van der Waals surface area contributed by atoms with Crippen molar-refractivity contribution in [2.75, 3.05) is 0 Å². The highest BCUT2D eigenvalue weighted by Crippen LogP contribution is 2.16. The monoisotopic (exact) mass is 470 g/mol. The third kappa shape index (κ3) is 6.95. The average Bonchev–Trinajstić information content (AvgIpc) is 2.89. The molecule has 0 fully saturated rings. The van der Waals surface area contributed by atoms with E-state index in [-0.39, 0.29) is 5.91 Å². The average molecular weight is 471 g/mol. The van der Waals surface area contributed by atoms with Crippen molar-refractivity contribution in [2.24, 2.45) is 5.10 Å². The highest BCUT2D eigenvalue weighted by molar-refractivity contribution is 6.30. The molecule has 0 spiro atoms. The van der Waals surface area contributed by atoms with Crippen LogP contribution in [-0.2, 0) is 13.2 Å². The minimum atomic E-state index is -0.297. The zero-order valence-corrected chi connectivity index (χ0v) is 19.1. The molecule has 0 aliphatic heterocycles. The molecule has 0 heterocycles. The molecular weight excluding hydrogens is 448 g/mol. The van der Waals surface area contributed by atoms with Crippen LogP contribution in [0.4, 0.5) is 0 Å². The molecule has 1 N–H and O–H groups in total. The molecule has 0 radical (unpaired) electrons. The predicted octanol–water partition coefficient (Wildman–Crippen LogP) is 6.26. The molecule has 6 heteroatoms. The van der Waals surface area contributed by atoms with Gasteiger partial charge in [0, 0.05) is 10.6 Å². The van der Waals surface area contributed by atoms with Crippen LogP contribution in [0.5, 0.6) is 11.5 Å². The quantitative estimate of drug-likeness (QED) is 0.232. The molecule has 170 valence electrons. The Balaban J connectivity index is 1.23. The van der Waals surface area contributed by atoms with Crippen LogP contribution in [0.3, 0.4) is 0 Å². The lowest BCUT2D eigenvalue weighted by Gasteiger charge is -2.07. The zero-order valence-electron chi connectivity index (χ0n) is 18.4. The van der Waals surface area contributed by atoms with E-state index in [4.69, 9.17) is 21.1 Å². The number of hydrogen-bond acceptors (Lipinski definition) is 4. The van der Waals surface area contributed by atoms with Gasteiger partial charge in [-0.15, -0.1) is 0 Å². The first kappa shape index (κ1) is 23.1. The summed E-state index contributed by atoms with van der Waals surface area (Å²) < 4.78 is 11.5. The van der Waals surface area contributed by atoms with Crippen LogP contribution in [0.25, 0.3) is 0 Å². The Labute approximate surface area is 203 Å². The Bertz CT molecular complexity index is 1220. The molecule has 0 aromatic heterocycles. The number of carbonyl (C=O) groups is 1. The summed E-state index contributed by atoms with van der Waals surface area (Å²) in [5.74, 6) is 1.14. The number of hydrazone groups is 1. The van der Waals surface area contributed by atoms with Gasteiger partial charge in [-0.1, -0.05) is 54.1 Å². The summed E-state index contributed by atoms with van der Waals surface area (Å²) in [6.07, 6.45) is 1.58. The van der Waals surface area contributed by atoms with Crippen molar-refractivity contribution in [2.45, 2.75) is 13.2 Å². The Hall–Kier alpha value is -4.09. The highest BCUT2D eigenvalue weighted by Gasteiger charge is 2.05. The molecular formula is C28H23ClN2O3. The van der Waals surface area contributed by atoms with Gasteiger partial charge in [0.1, 0.15) is 24.7 Å². The van der Waals surface area contributed by atoms with Crippen LogP contribution in [0.2, 0.25) is 5.02 Å². The molecule has 0 saturated heterocycles. The number of ether oxygens (including phenoxy) is 2. The van der Waals surface area contributed by atoms with Crippen molar-refractivity contribution < 1.29 is 14.3 Å². The van der Waals surface area contributed by atoms with E-state index in [2.05, 4.69) is 10.5 Å². The first-order valence-corrected chi connectivity index (χ1v) is 11.1. The summed E-state index contributed by atoms with van der Waals surface area (Å²) in [4.78, 5) is 12.3. The zero-order chi connectivity index (χ0) is 23.6. The van der Waals surface area contributed by atoms with E-state index in [1.165, 1.54) is 0 Å². The molecule has 0 aliphatic carbocycles. The molecule has 34 heavy (non-hydrogen) atoms. The molecule has 0 aliphatic rings. The van der Waals surface area contributed by atoms with Crippen molar-refractivity contribution in [1.29, 1.82) is 0 Å². The van der Waals surface area contributed by atoms with Crippen molar-refractivity contribution in [3.05, 3.63) is 130 Å². The maximum absolute atomic E-state index is 12.3. The SMILES string of the molecule is O=C(N/N=C\c1ccc(OCc2ccc(Cl)cc2)cc1)c1ccc(OCc2ccccc2)cc1. The standard InChI is InChI=1S/C28H23ClN2O3/c29-25-12-6-23(7-13-25)20-34-26-14-8-21(9-15-26)18-30-31-28(32)24-10-16-27(17-11-24)33-19-22-4-2-1-3-5-22/h1-18H,19-20H2,(H,31,32)/b30-18-. The number of hydrogen-bond donors (Lipinski definition) is 1. The van der Waals surface area contributed by atoms with E-state index in [1.807, 2.05) is 78.9 Å². The number of rotatable bonds is 9. The smallest absolute Gasteiger partial charge is 0.271 e. The Morgan fingerprint density at radius 1 is 0.735 bits per heavy atom. The Kier molecular flexibility index (Phi) is 7.93. The summed E-state index contributed by atoms with van der Waals surface area (Å²) in [6, 6.07) is 31.8. The molecule has 4 aromatic rings. The van der Waals surface area contributed by atoms with E-state index in [0.29, 0.717) is 29.5 Å². The second kappa shape index (κ2) is 11.7. The number of carbonyl (C=O) groups excluding carboxylic acids is 1. The van der Waals surface area contributed by atoms with Gasteiger partial charge in [-0.3, -0.25) is 4.79 Å². The number of nitrogens with one attached hydrogen (secondary N) is 1. The lowest BCUT2D eigenvalue weighted by molar-refractivity contribution is 0.0955. The first-order chi connectivity index (χ1) is 16.7. The fourth-order valence-corrected chi connectivity index (χ4v) is 3.20. The normalized spacial score (nSPS) is 10.7. The number of amides is 1. The minimum absolute atomic E-state index is 0.297. The molecule has 4 aromatic carbocycles. The van der Waals surface area contributed by atoms with Gasteiger partial charge in [-0.2, -0.15) is 5.10 Å². The predicted molar refractivity (Wildman–Crippen MR) is 135 cm³/mol. The molecule has 0 saturated carbocycles. The number of halogens is 1. The van der Waals surface area contributed by atoms with Gasteiger partial charge in [0.15, 0.2) is 0 Å². The lowest BCUT2D eigenvalue weighted by atomic mass is 10.2. The van der Waals surface area contributed by atoms with Crippen LogP contribution >= 0.6 is 11.6 Å². The fourth-order valence-electron chi connectivity index (χ4n) is 3.07. The Morgan fingerprint density at radius 3 is 1.91 bits per heavy atom. The van der Waals surface area contributed by atoms with Gasteiger partial charge in [-0.05, 0) is 77.4 Å². The number of nitrogens with zero attached hydrogens (tertiary/aromatic N) is 1. The fraction of sp³-hybridized carbons (Fsp3) is 0.0714. The van der Waals surface area contributed by atoms with Crippen LogP contribution in [0.1, 0.15) is 27.0 Å². The highest BCUT2D eigenvalue weighted by atomic mass is 35.5. The summed E-state index contributed by atoms with van der Waals surface area (Å²) in [5, 5.41) is 4.74. The molecule has 0 bridgehead atoms. The molecule has 0 atom stereocenters. The van der Waals surface area contributed by atoms with Crippen LogP contribution in [0.15, 0.2) is 108 Å². The first-order valence-electron chi connectivity index (χ1n) is 10.7. The molecule has 1 amide bonds. The maximum atomic E-state index is 12.3. The molecule has 4 rings (SSSR count). The largest absolute Gasteiger partial charge is 0.489 e. The van der Waals surface area contributed by atoms with E-state index < -0.39 is 0 Å². The lowest BCUT2D eigenvalue weighted by Crippen LogP contribution is -2.17. The summed E-state index contributed by atoms with van der Waals surface area (Å²) in [7, 11) is 0. The maximum Gasteiger partial charge on any atom is 0.271 e. The van der Waals surface area contributed by atoms with Gasteiger partial charge in [0.05, 0.1) is 6.21 Å². The van der Waals surface area contributed by atoms with Crippen molar-refractivity contribution in [3.8, 4) is 11.5 Å². The topological polar surface area (TPSA) is 59.9 Å². The second-order valence-corrected chi connectivity index (χ2v) is 7.92. The van der Waals surface area contributed by atoms with Gasteiger partial charge in [0.2, 0.25) is 0 Å². The third-order valence-corrected chi connectivity index (χ3v) is 5.20. The van der Waals surface area contributed by atoms with Crippen LogP contribution in [0, 0.1) is 0 Å². The molecule has 0 unspecified atom stereocenters. The van der Waals surface area contributed by atoms with Gasteiger partial charge in [0.25, 0.3) is 5.91 Å². The van der Waals surface area contributed by atoms with Crippen molar-refractivity contribution in [1.82, 2.24) is 5.43 Å². The molecule has 5 nitrogen and oxygen atoms in total. The summed E-state index contributed by atoms with van der Waals surface area (Å²) in [5.41, 5.74) is 5.99. The summed E-state index contributed by atoms with van der Waals surface area (Å²) in [6.45, 7) is 0.929. The van der Waals surface area contributed by atoms with Crippen molar-refractivity contribution >= 4 is 23.7 Å². The Morgan fingerprint density at radius 2 is 1.29 bits per heavy atom. The third-order valence-electron chi connectivity index (χ3n) is 4.94. The van der Waals surface area contributed by atoms with E-state index >= 15 is 0 Å². The van der Waals surface area contributed by atoms with E-state index in [1.54, 1.807) is 30.5 Å². The van der Waals surface area contributed by atoms with Crippen LogP contribution < -0.4 is 14.9 Å². The van der Waals surface area contributed by atoms with Gasteiger partial charge in [-0.25, -0.2) is 5.43 Å². The van der Waals surface area contributed by atoms with E-state index in [9.17, 15) is 4.79 Å².